The van der Waals surface area contributed by atoms with Gasteiger partial charge in [0.05, 0.1) is 18.7 Å². The monoisotopic (exact) mass is 399 g/mol. The Bertz CT molecular complexity index is 794. The van der Waals surface area contributed by atoms with Gasteiger partial charge in [0.25, 0.3) is 0 Å². The van der Waals surface area contributed by atoms with Gasteiger partial charge in [-0.1, -0.05) is 13.3 Å². The number of anilines is 1. The Morgan fingerprint density at radius 3 is 2.39 bits per heavy atom. The van der Waals surface area contributed by atoms with Crippen molar-refractivity contribution in [3.8, 4) is 0 Å². The van der Waals surface area contributed by atoms with Gasteiger partial charge in [-0.05, 0) is 67.5 Å². The minimum atomic E-state index is -0.370. The van der Waals surface area contributed by atoms with Gasteiger partial charge in [-0.25, -0.2) is 4.79 Å². The van der Waals surface area contributed by atoms with E-state index in [9.17, 15) is 9.59 Å². The summed E-state index contributed by atoms with van der Waals surface area (Å²) in [7, 11) is 0. The van der Waals surface area contributed by atoms with Crippen molar-refractivity contribution in [2.75, 3.05) is 11.5 Å². The van der Waals surface area contributed by atoms with Crippen LogP contribution in [0.15, 0.2) is 48.8 Å². The van der Waals surface area contributed by atoms with Gasteiger partial charge in [0.15, 0.2) is 5.11 Å². The number of nitrogens with zero attached hydrogens (tertiary/aromatic N) is 2. The Labute approximate surface area is 170 Å². The number of aromatic nitrogens is 1. The molecular weight excluding hydrogens is 374 g/mol. The maximum absolute atomic E-state index is 12.1. The summed E-state index contributed by atoms with van der Waals surface area (Å²) in [6.45, 7) is 4.59. The van der Waals surface area contributed by atoms with E-state index in [1.807, 2.05) is 24.0 Å². The number of esters is 1. The SMILES string of the molecule is CCCCC(=O)NC(=S)N(Cc1ccncc1)c1ccc(C(=O)OCC)cc1. The first kappa shape index (κ1) is 21.5. The second-order valence-electron chi connectivity index (χ2n) is 6.17. The fraction of sp³-hybridized carbons (Fsp3) is 0.333. The third-order valence-electron chi connectivity index (χ3n) is 4.03. The van der Waals surface area contributed by atoms with Crippen molar-refractivity contribution in [2.45, 2.75) is 39.7 Å². The predicted octanol–water partition coefficient (Wildman–Crippen LogP) is 3.86. The van der Waals surface area contributed by atoms with Gasteiger partial charge < -0.3 is 15.0 Å². The molecule has 1 N–H and O–H groups in total. The van der Waals surface area contributed by atoms with Gasteiger partial charge in [-0.3, -0.25) is 9.78 Å². The average Bonchev–Trinajstić information content (AvgIpc) is 2.71. The molecule has 0 aliphatic rings. The Kier molecular flexibility index (Phi) is 8.55. The number of unbranched alkanes of at least 4 members (excludes halogenated alkanes) is 1. The number of hydrogen-bond donors (Lipinski definition) is 1. The highest BCUT2D eigenvalue weighted by Crippen LogP contribution is 2.19. The van der Waals surface area contributed by atoms with Gasteiger partial charge >= 0.3 is 5.97 Å². The molecule has 0 saturated carbocycles. The van der Waals surface area contributed by atoms with Crippen LogP contribution < -0.4 is 10.2 Å². The van der Waals surface area contributed by atoms with Crippen molar-refractivity contribution in [1.29, 1.82) is 0 Å². The molecule has 1 aromatic carbocycles. The van der Waals surface area contributed by atoms with Crippen molar-refractivity contribution in [3.05, 3.63) is 59.9 Å². The Balaban J connectivity index is 2.21. The molecule has 0 radical (unpaired) electrons. The molecule has 148 valence electrons. The van der Waals surface area contributed by atoms with E-state index in [0.29, 0.717) is 30.2 Å². The fourth-order valence-corrected chi connectivity index (χ4v) is 2.81. The lowest BCUT2D eigenvalue weighted by Gasteiger charge is -2.26. The quantitative estimate of drug-likeness (QED) is 0.537. The molecule has 0 bridgehead atoms. The Hall–Kier alpha value is -2.80. The number of pyridine rings is 1. The highest BCUT2D eigenvalue weighted by Gasteiger charge is 2.16. The number of rotatable bonds is 8. The van der Waals surface area contributed by atoms with E-state index in [2.05, 4.69) is 10.3 Å². The summed E-state index contributed by atoms with van der Waals surface area (Å²) in [6.07, 6.45) is 5.60. The first-order valence-electron chi connectivity index (χ1n) is 9.32. The summed E-state index contributed by atoms with van der Waals surface area (Å²) >= 11 is 5.50. The smallest absolute Gasteiger partial charge is 0.338 e. The van der Waals surface area contributed by atoms with Crippen LogP contribution in [-0.2, 0) is 16.1 Å². The number of carbonyl (C=O) groups excluding carboxylic acids is 2. The molecule has 1 heterocycles. The number of benzene rings is 1. The second kappa shape index (κ2) is 11.1. The minimum Gasteiger partial charge on any atom is -0.462 e. The van der Waals surface area contributed by atoms with E-state index in [4.69, 9.17) is 17.0 Å². The number of ether oxygens (including phenoxy) is 1. The summed E-state index contributed by atoms with van der Waals surface area (Å²) in [5.74, 6) is -0.472. The topological polar surface area (TPSA) is 71.5 Å². The molecule has 0 unspecified atom stereocenters. The van der Waals surface area contributed by atoms with Gasteiger partial charge in [0.1, 0.15) is 0 Å². The standard InChI is InChI=1S/C21H25N3O3S/c1-3-5-6-19(25)23-21(28)24(15-16-11-13-22-14-12-16)18-9-7-17(8-10-18)20(26)27-4-2/h7-14H,3-6,15H2,1-2H3,(H,23,25,28). The number of amides is 1. The molecule has 0 aliphatic heterocycles. The minimum absolute atomic E-state index is 0.102. The van der Waals surface area contributed by atoms with E-state index in [1.165, 1.54) is 0 Å². The van der Waals surface area contributed by atoms with Crippen LogP contribution in [0.3, 0.4) is 0 Å². The van der Waals surface area contributed by atoms with Crippen LogP contribution in [0.2, 0.25) is 0 Å². The van der Waals surface area contributed by atoms with Crippen LogP contribution in [0.25, 0.3) is 0 Å². The van der Waals surface area contributed by atoms with Crippen molar-refractivity contribution < 1.29 is 14.3 Å². The summed E-state index contributed by atoms with van der Waals surface area (Å²) < 4.78 is 5.02. The highest BCUT2D eigenvalue weighted by atomic mass is 32.1. The molecule has 0 fully saturated rings. The van der Waals surface area contributed by atoms with E-state index in [-0.39, 0.29) is 11.9 Å². The molecule has 2 aromatic rings. The Morgan fingerprint density at radius 2 is 1.79 bits per heavy atom. The van der Waals surface area contributed by atoms with Gasteiger partial charge in [0, 0.05) is 24.5 Å². The lowest BCUT2D eigenvalue weighted by atomic mass is 10.2. The van der Waals surface area contributed by atoms with Crippen molar-refractivity contribution >= 4 is 34.9 Å². The predicted molar refractivity (Wildman–Crippen MR) is 113 cm³/mol. The first-order chi connectivity index (χ1) is 13.5. The summed E-state index contributed by atoms with van der Waals surface area (Å²) in [4.78, 5) is 29.8. The summed E-state index contributed by atoms with van der Waals surface area (Å²) in [5, 5.41) is 3.12. The second-order valence-corrected chi connectivity index (χ2v) is 6.55. The zero-order chi connectivity index (χ0) is 20.4. The number of carbonyl (C=O) groups is 2. The molecule has 28 heavy (non-hydrogen) atoms. The van der Waals surface area contributed by atoms with Crippen molar-refractivity contribution in [1.82, 2.24) is 10.3 Å². The zero-order valence-corrected chi connectivity index (χ0v) is 17.0. The molecule has 6 nitrogen and oxygen atoms in total. The van der Waals surface area contributed by atoms with Crippen molar-refractivity contribution in [2.24, 2.45) is 0 Å². The maximum atomic E-state index is 12.1. The van der Waals surface area contributed by atoms with E-state index in [0.717, 1.165) is 24.1 Å². The lowest BCUT2D eigenvalue weighted by molar-refractivity contribution is -0.119. The number of hydrogen-bond acceptors (Lipinski definition) is 5. The molecular formula is C21H25N3O3S. The normalized spacial score (nSPS) is 10.2. The molecule has 0 spiro atoms. The Morgan fingerprint density at radius 1 is 1.11 bits per heavy atom. The lowest BCUT2D eigenvalue weighted by Crippen LogP contribution is -2.42. The average molecular weight is 400 g/mol. The summed E-state index contributed by atoms with van der Waals surface area (Å²) in [6, 6.07) is 10.7. The van der Waals surface area contributed by atoms with Crippen LogP contribution in [-0.4, -0.2) is 28.6 Å². The van der Waals surface area contributed by atoms with Gasteiger partial charge in [0.2, 0.25) is 5.91 Å². The number of nitrogens with one attached hydrogen (secondary N) is 1. The molecule has 1 aromatic heterocycles. The van der Waals surface area contributed by atoms with E-state index < -0.39 is 0 Å². The number of thiocarbonyl (C=S) groups is 1. The third kappa shape index (κ3) is 6.42. The highest BCUT2D eigenvalue weighted by molar-refractivity contribution is 7.80. The first-order valence-corrected chi connectivity index (χ1v) is 9.73. The summed E-state index contributed by atoms with van der Waals surface area (Å²) in [5.41, 5.74) is 2.23. The molecule has 0 saturated heterocycles. The largest absolute Gasteiger partial charge is 0.462 e. The fourth-order valence-electron chi connectivity index (χ4n) is 2.53. The van der Waals surface area contributed by atoms with Crippen LogP contribution in [0.4, 0.5) is 5.69 Å². The molecule has 2 rings (SSSR count). The molecule has 7 heteroatoms. The molecule has 0 atom stereocenters. The van der Waals surface area contributed by atoms with Crippen LogP contribution in [0.5, 0.6) is 0 Å². The van der Waals surface area contributed by atoms with Gasteiger partial charge in [-0.2, -0.15) is 0 Å². The van der Waals surface area contributed by atoms with Gasteiger partial charge in [-0.15, -0.1) is 0 Å². The van der Waals surface area contributed by atoms with E-state index >= 15 is 0 Å². The molecule has 1 amide bonds. The van der Waals surface area contributed by atoms with Crippen LogP contribution >= 0.6 is 12.2 Å². The van der Waals surface area contributed by atoms with Crippen LogP contribution in [0, 0.1) is 0 Å². The molecule has 0 aliphatic carbocycles. The van der Waals surface area contributed by atoms with Crippen LogP contribution in [0.1, 0.15) is 49.0 Å². The van der Waals surface area contributed by atoms with E-state index in [1.54, 1.807) is 43.6 Å². The van der Waals surface area contributed by atoms with Crippen molar-refractivity contribution in [3.63, 3.8) is 0 Å². The zero-order valence-electron chi connectivity index (χ0n) is 16.2. The third-order valence-corrected chi connectivity index (χ3v) is 4.35. The maximum Gasteiger partial charge on any atom is 0.338 e.